The van der Waals surface area contributed by atoms with E-state index < -0.39 is 0 Å². The Morgan fingerprint density at radius 3 is 2.49 bits per heavy atom. The van der Waals surface area contributed by atoms with Crippen molar-refractivity contribution in [2.75, 3.05) is 59.5 Å². The minimum atomic E-state index is 0.444. The highest BCUT2D eigenvalue weighted by Gasteiger charge is 2.16. The maximum Gasteiger partial charge on any atom is 0.203 e. The Morgan fingerprint density at radius 2 is 1.83 bits per heavy atom. The zero-order valence-electron chi connectivity index (χ0n) is 20.3. The summed E-state index contributed by atoms with van der Waals surface area (Å²) >= 11 is 0. The molecule has 0 atom stereocenters. The largest absolute Gasteiger partial charge is 0.493 e. The fraction of sp³-hybridized carbons (Fsp3) is 0.333. The Bertz CT molecular complexity index is 1220. The van der Waals surface area contributed by atoms with Crippen LogP contribution in [0.15, 0.2) is 42.6 Å². The summed E-state index contributed by atoms with van der Waals surface area (Å²) in [4.78, 5) is 6.89. The summed E-state index contributed by atoms with van der Waals surface area (Å²) in [5.41, 5.74) is 3.67. The Morgan fingerprint density at radius 1 is 1.09 bits per heavy atom. The van der Waals surface area contributed by atoms with E-state index in [1.54, 1.807) is 27.5 Å². The SMILES string of the molecule is COc1cc(Nc2c(C#N)cnc3ccc(/C=C/CCN4CCOCC4)cc23)cc(OC)c1OC. The van der Waals surface area contributed by atoms with Gasteiger partial charge in [0.15, 0.2) is 11.5 Å². The molecular weight excluding hydrogens is 444 g/mol. The molecule has 0 radical (unpaired) electrons. The molecule has 1 fully saturated rings. The van der Waals surface area contributed by atoms with Crippen LogP contribution in [0.3, 0.4) is 0 Å². The second-order valence-corrected chi connectivity index (χ2v) is 8.12. The fourth-order valence-corrected chi connectivity index (χ4v) is 4.13. The average molecular weight is 475 g/mol. The molecule has 1 aromatic heterocycles. The first-order valence-electron chi connectivity index (χ1n) is 11.5. The van der Waals surface area contributed by atoms with Gasteiger partial charge in [0, 0.05) is 49.0 Å². The van der Waals surface area contributed by atoms with Crippen LogP contribution in [0.1, 0.15) is 17.5 Å². The molecule has 182 valence electrons. The van der Waals surface area contributed by atoms with Gasteiger partial charge in [0.25, 0.3) is 0 Å². The van der Waals surface area contributed by atoms with E-state index in [4.69, 9.17) is 18.9 Å². The average Bonchev–Trinajstić information content (AvgIpc) is 2.91. The number of methoxy groups -OCH3 is 3. The molecule has 8 nitrogen and oxygen atoms in total. The predicted octanol–water partition coefficient (Wildman–Crippen LogP) is 4.61. The minimum absolute atomic E-state index is 0.444. The van der Waals surface area contributed by atoms with E-state index in [1.807, 2.05) is 24.3 Å². The summed E-state index contributed by atoms with van der Waals surface area (Å²) in [5, 5.41) is 14.0. The minimum Gasteiger partial charge on any atom is -0.493 e. The Hall–Kier alpha value is -3.80. The number of fused-ring (bicyclic) bond motifs is 1. The lowest BCUT2D eigenvalue weighted by atomic mass is 10.1. The van der Waals surface area contributed by atoms with E-state index in [9.17, 15) is 5.26 Å². The number of hydrogen-bond acceptors (Lipinski definition) is 8. The number of pyridine rings is 1. The standard InChI is InChI=1S/C27H30N4O4/c1-32-24-15-21(16-25(33-2)27(24)34-3)30-26-20(17-28)18-29-23-8-7-19(14-22(23)26)6-4-5-9-31-10-12-35-13-11-31/h4,6-8,14-16,18H,5,9-13H2,1-3H3,(H,29,30)/b6-4+. The topological polar surface area (TPSA) is 88.9 Å². The summed E-state index contributed by atoms with van der Waals surface area (Å²) in [7, 11) is 4.70. The van der Waals surface area contributed by atoms with Crippen molar-refractivity contribution in [3.63, 3.8) is 0 Å². The Labute approximate surface area is 205 Å². The molecule has 3 aromatic rings. The van der Waals surface area contributed by atoms with Gasteiger partial charge in [0.05, 0.1) is 51.3 Å². The maximum absolute atomic E-state index is 9.78. The third-order valence-electron chi connectivity index (χ3n) is 5.97. The lowest BCUT2D eigenvalue weighted by Gasteiger charge is -2.25. The quantitative estimate of drug-likeness (QED) is 0.481. The molecule has 0 aliphatic carbocycles. The zero-order chi connectivity index (χ0) is 24.6. The molecule has 0 spiro atoms. The molecule has 35 heavy (non-hydrogen) atoms. The van der Waals surface area contributed by atoms with Crippen LogP contribution in [-0.4, -0.2) is 64.1 Å². The van der Waals surface area contributed by atoms with Crippen molar-refractivity contribution in [2.45, 2.75) is 6.42 Å². The van der Waals surface area contributed by atoms with E-state index in [0.29, 0.717) is 34.2 Å². The van der Waals surface area contributed by atoms with E-state index in [2.05, 4.69) is 39.5 Å². The lowest BCUT2D eigenvalue weighted by Crippen LogP contribution is -2.36. The smallest absolute Gasteiger partial charge is 0.203 e. The van der Waals surface area contributed by atoms with Gasteiger partial charge in [0.2, 0.25) is 5.75 Å². The van der Waals surface area contributed by atoms with Crippen molar-refractivity contribution in [1.82, 2.24) is 9.88 Å². The predicted molar refractivity (Wildman–Crippen MR) is 137 cm³/mol. The fourth-order valence-electron chi connectivity index (χ4n) is 4.13. The van der Waals surface area contributed by atoms with Crippen LogP contribution >= 0.6 is 0 Å². The molecule has 0 saturated carbocycles. The summed E-state index contributed by atoms with van der Waals surface area (Å²) in [5.74, 6) is 1.55. The zero-order valence-corrected chi connectivity index (χ0v) is 20.3. The van der Waals surface area contributed by atoms with Gasteiger partial charge < -0.3 is 24.3 Å². The van der Waals surface area contributed by atoms with Crippen LogP contribution in [0.2, 0.25) is 0 Å². The number of nitriles is 1. The van der Waals surface area contributed by atoms with E-state index in [1.165, 1.54) is 0 Å². The molecule has 2 heterocycles. The first-order chi connectivity index (χ1) is 17.2. The molecule has 1 aliphatic rings. The number of nitrogens with zero attached hydrogens (tertiary/aromatic N) is 3. The second kappa shape index (κ2) is 11.6. The van der Waals surface area contributed by atoms with Crippen LogP contribution in [-0.2, 0) is 4.74 Å². The third-order valence-corrected chi connectivity index (χ3v) is 5.97. The monoisotopic (exact) mass is 474 g/mol. The Kier molecular flexibility index (Phi) is 8.03. The van der Waals surface area contributed by atoms with Gasteiger partial charge in [-0.15, -0.1) is 0 Å². The second-order valence-electron chi connectivity index (χ2n) is 8.12. The van der Waals surface area contributed by atoms with Crippen molar-refractivity contribution >= 4 is 28.4 Å². The first kappa shape index (κ1) is 24.3. The number of anilines is 2. The molecule has 8 heteroatoms. The highest BCUT2D eigenvalue weighted by atomic mass is 16.5. The van der Waals surface area contributed by atoms with Crippen molar-refractivity contribution in [3.05, 3.63) is 53.7 Å². The van der Waals surface area contributed by atoms with Crippen LogP contribution in [0, 0.1) is 11.3 Å². The molecule has 1 saturated heterocycles. The normalized spacial score (nSPS) is 14.1. The van der Waals surface area contributed by atoms with Crippen molar-refractivity contribution in [3.8, 4) is 23.3 Å². The molecule has 0 amide bonds. The summed E-state index contributed by atoms with van der Waals surface area (Å²) < 4.78 is 21.8. The Balaban J connectivity index is 1.63. The molecule has 0 bridgehead atoms. The van der Waals surface area contributed by atoms with Crippen molar-refractivity contribution in [1.29, 1.82) is 5.26 Å². The number of morpholine rings is 1. The number of benzene rings is 2. The van der Waals surface area contributed by atoms with Crippen LogP contribution in [0.5, 0.6) is 17.2 Å². The molecule has 1 aliphatic heterocycles. The van der Waals surface area contributed by atoms with E-state index in [-0.39, 0.29) is 0 Å². The van der Waals surface area contributed by atoms with Gasteiger partial charge in [0.1, 0.15) is 6.07 Å². The van der Waals surface area contributed by atoms with Gasteiger partial charge in [-0.05, 0) is 24.1 Å². The van der Waals surface area contributed by atoms with Crippen LogP contribution in [0.4, 0.5) is 11.4 Å². The van der Waals surface area contributed by atoms with Gasteiger partial charge in [-0.3, -0.25) is 9.88 Å². The molecular formula is C27H30N4O4. The van der Waals surface area contributed by atoms with Crippen LogP contribution < -0.4 is 19.5 Å². The number of nitrogens with one attached hydrogen (secondary N) is 1. The highest BCUT2D eigenvalue weighted by Crippen LogP contribution is 2.41. The first-order valence-corrected chi connectivity index (χ1v) is 11.5. The number of rotatable bonds is 9. The third kappa shape index (κ3) is 5.65. The summed E-state index contributed by atoms with van der Waals surface area (Å²) in [6.07, 6.45) is 6.85. The van der Waals surface area contributed by atoms with Gasteiger partial charge >= 0.3 is 0 Å². The van der Waals surface area contributed by atoms with Crippen LogP contribution in [0.25, 0.3) is 17.0 Å². The molecule has 1 N–H and O–H groups in total. The lowest BCUT2D eigenvalue weighted by molar-refractivity contribution is 0.0387. The van der Waals surface area contributed by atoms with E-state index in [0.717, 1.165) is 55.7 Å². The van der Waals surface area contributed by atoms with Gasteiger partial charge in [-0.1, -0.05) is 18.2 Å². The van der Waals surface area contributed by atoms with E-state index >= 15 is 0 Å². The van der Waals surface area contributed by atoms with Crippen molar-refractivity contribution < 1.29 is 18.9 Å². The number of aromatic nitrogens is 1. The molecule has 2 aromatic carbocycles. The number of hydrogen-bond donors (Lipinski definition) is 1. The highest BCUT2D eigenvalue weighted by molar-refractivity contribution is 5.97. The summed E-state index contributed by atoms with van der Waals surface area (Å²) in [6.45, 7) is 4.61. The molecule has 0 unspecified atom stereocenters. The maximum atomic E-state index is 9.78. The molecule has 4 rings (SSSR count). The van der Waals surface area contributed by atoms with Gasteiger partial charge in [-0.25, -0.2) is 0 Å². The van der Waals surface area contributed by atoms with Gasteiger partial charge in [-0.2, -0.15) is 5.26 Å². The summed E-state index contributed by atoms with van der Waals surface area (Å²) in [6, 6.07) is 11.9. The number of ether oxygens (including phenoxy) is 4. The van der Waals surface area contributed by atoms with Crippen molar-refractivity contribution in [2.24, 2.45) is 0 Å².